The van der Waals surface area contributed by atoms with Crippen molar-refractivity contribution in [3.8, 4) is 0 Å². The van der Waals surface area contributed by atoms with Gasteiger partial charge in [-0.25, -0.2) is 4.98 Å². The van der Waals surface area contributed by atoms with Gasteiger partial charge in [0.2, 0.25) is 0 Å². The predicted octanol–water partition coefficient (Wildman–Crippen LogP) is 5.53. The predicted molar refractivity (Wildman–Crippen MR) is 102 cm³/mol. The first-order valence-electron chi connectivity index (χ1n) is 8.68. The van der Waals surface area contributed by atoms with Crippen LogP contribution in [0.5, 0.6) is 0 Å². The minimum atomic E-state index is 0.542. The summed E-state index contributed by atoms with van der Waals surface area (Å²) in [5.41, 5.74) is 3.14. The maximum atomic E-state index is 4.62. The minimum Gasteiger partial charge on any atom is -0.367 e. The molecule has 1 saturated carbocycles. The highest BCUT2D eigenvalue weighted by Gasteiger charge is 2.44. The van der Waals surface area contributed by atoms with Crippen LogP contribution in [-0.2, 0) is 6.42 Å². The average molecular weight is 379 g/mol. The number of nitrogens with one attached hydrogen (secondary N) is 1. The largest absolute Gasteiger partial charge is 0.367 e. The van der Waals surface area contributed by atoms with Crippen molar-refractivity contribution in [2.24, 2.45) is 5.92 Å². The zero-order valence-corrected chi connectivity index (χ0v) is 15.0. The second-order valence-corrected chi connectivity index (χ2v) is 7.94. The molecule has 2 aliphatic rings. The van der Waals surface area contributed by atoms with Crippen molar-refractivity contribution in [1.29, 1.82) is 0 Å². The standard InChI is InChI=1S/C21H19BrN2/c22-15-7-5-14-9-10-23-21(18(14)11-15)24-20-12-19-16-4-2-1-3-13(16)6-8-17(19)20/h1-5,7,9-11,17,19-20H,6,8,12H2,(H,23,24). The van der Waals surface area contributed by atoms with Gasteiger partial charge in [0.15, 0.2) is 0 Å². The molecule has 3 atom stereocenters. The molecule has 1 heterocycles. The Balaban J connectivity index is 1.42. The Hall–Kier alpha value is -1.87. The lowest BCUT2D eigenvalue weighted by Crippen LogP contribution is -2.47. The molecule has 3 heteroatoms. The van der Waals surface area contributed by atoms with Crippen LogP contribution in [0.2, 0.25) is 0 Å². The smallest absolute Gasteiger partial charge is 0.134 e. The SMILES string of the molecule is Brc1ccc2ccnc(NC3CC4c5ccccc5CCC34)c2c1. The van der Waals surface area contributed by atoms with Crippen LogP contribution in [0.3, 0.4) is 0 Å². The van der Waals surface area contributed by atoms with Crippen LogP contribution < -0.4 is 5.32 Å². The van der Waals surface area contributed by atoms with E-state index < -0.39 is 0 Å². The first kappa shape index (κ1) is 14.5. The highest BCUT2D eigenvalue weighted by atomic mass is 79.9. The molecule has 1 fully saturated rings. The number of fused-ring (bicyclic) bond motifs is 4. The van der Waals surface area contributed by atoms with E-state index >= 15 is 0 Å². The molecule has 24 heavy (non-hydrogen) atoms. The summed E-state index contributed by atoms with van der Waals surface area (Å²) in [6.07, 6.45) is 5.62. The Morgan fingerprint density at radius 2 is 2.00 bits per heavy atom. The number of rotatable bonds is 2. The molecule has 2 aliphatic carbocycles. The van der Waals surface area contributed by atoms with Crippen LogP contribution in [-0.4, -0.2) is 11.0 Å². The summed E-state index contributed by atoms with van der Waals surface area (Å²) in [5, 5.41) is 6.18. The van der Waals surface area contributed by atoms with Gasteiger partial charge < -0.3 is 5.32 Å². The summed E-state index contributed by atoms with van der Waals surface area (Å²) in [6.45, 7) is 0. The van der Waals surface area contributed by atoms with Crippen molar-refractivity contribution < 1.29 is 0 Å². The van der Waals surface area contributed by atoms with Gasteiger partial charge in [-0.3, -0.25) is 0 Å². The minimum absolute atomic E-state index is 0.542. The summed E-state index contributed by atoms with van der Waals surface area (Å²) >= 11 is 3.58. The molecule has 1 aromatic heterocycles. The van der Waals surface area contributed by atoms with E-state index in [9.17, 15) is 0 Å². The Labute approximate surface area is 150 Å². The van der Waals surface area contributed by atoms with Crippen LogP contribution in [0, 0.1) is 5.92 Å². The number of hydrogen-bond acceptors (Lipinski definition) is 2. The number of aryl methyl sites for hydroxylation is 1. The normalized spacial score (nSPS) is 24.8. The molecule has 0 saturated heterocycles. The summed E-state index contributed by atoms with van der Waals surface area (Å²) in [4.78, 5) is 4.62. The summed E-state index contributed by atoms with van der Waals surface area (Å²) in [6, 6.07) is 18.0. The van der Waals surface area contributed by atoms with Gasteiger partial charge in [0.25, 0.3) is 0 Å². The average Bonchev–Trinajstić information content (AvgIpc) is 2.59. The number of benzene rings is 2. The van der Waals surface area contributed by atoms with Gasteiger partial charge in [-0.2, -0.15) is 0 Å². The summed E-state index contributed by atoms with van der Waals surface area (Å²) in [7, 11) is 0. The fraction of sp³-hybridized carbons (Fsp3) is 0.286. The number of hydrogen-bond donors (Lipinski definition) is 1. The van der Waals surface area contributed by atoms with Crippen molar-refractivity contribution in [2.75, 3.05) is 5.32 Å². The molecular weight excluding hydrogens is 360 g/mol. The van der Waals surface area contributed by atoms with Crippen molar-refractivity contribution in [3.05, 3.63) is 70.3 Å². The molecule has 3 unspecified atom stereocenters. The zero-order chi connectivity index (χ0) is 16.1. The lowest BCUT2D eigenvalue weighted by atomic mass is 9.60. The first-order chi connectivity index (χ1) is 11.8. The third kappa shape index (κ3) is 2.26. The Bertz CT molecular complexity index is 921. The van der Waals surface area contributed by atoms with E-state index in [0.717, 1.165) is 22.1 Å². The number of aromatic nitrogens is 1. The number of pyridine rings is 1. The molecule has 2 aromatic carbocycles. The van der Waals surface area contributed by atoms with Gasteiger partial charge in [0.1, 0.15) is 5.82 Å². The van der Waals surface area contributed by atoms with Gasteiger partial charge in [-0.05, 0) is 65.8 Å². The fourth-order valence-corrected chi connectivity index (χ4v) is 4.87. The van der Waals surface area contributed by atoms with E-state index in [0.29, 0.717) is 6.04 Å². The second-order valence-electron chi connectivity index (χ2n) is 7.02. The Morgan fingerprint density at radius 3 is 2.96 bits per heavy atom. The molecule has 1 N–H and O–H groups in total. The molecule has 3 aromatic rings. The van der Waals surface area contributed by atoms with E-state index in [1.54, 1.807) is 11.1 Å². The molecule has 120 valence electrons. The Morgan fingerprint density at radius 1 is 1.08 bits per heavy atom. The number of halogens is 1. The van der Waals surface area contributed by atoms with Crippen LogP contribution in [0.1, 0.15) is 29.9 Å². The molecule has 0 radical (unpaired) electrons. The lowest BCUT2D eigenvalue weighted by Gasteiger charge is -2.49. The van der Waals surface area contributed by atoms with Crippen LogP contribution in [0.4, 0.5) is 5.82 Å². The summed E-state index contributed by atoms with van der Waals surface area (Å²) < 4.78 is 1.10. The van der Waals surface area contributed by atoms with Gasteiger partial charge in [0.05, 0.1) is 0 Å². The molecule has 0 amide bonds. The second kappa shape index (κ2) is 5.59. The molecule has 0 bridgehead atoms. The van der Waals surface area contributed by atoms with E-state index in [2.05, 4.69) is 74.8 Å². The summed E-state index contributed by atoms with van der Waals surface area (Å²) in [5.74, 6) is 2.49. The molecule has 0 spiro atoms. The topological polar surface area (TPSA) is 24.9 Å². The van der Waals surface area contributed by atoms with Crippen molar-refractivity contribution in [3.63, 3.8) is 0 Å². The van der Waals surface area contributed by atoms with E-state index in [1.807, 2.05) is 6.20 Å². The van der Waals surface area contributed by atoms with Gasteiger partial charge in [0, 0.05) is 22.1 Å². The number of anilines is 1. The maximum Gasteiger partial charge on any atom is 0.134 e. The van der Waals surface area contributed by atoms with Crippen molar-refractivity contribution in [2.45, 2.75) is 31.2 Å². The van der Waals surface area contributed by atoms with Gasteiger partial charge >= 0.3 is 0 Å². The Kier molecular flexibility index (Phi) is 3.37. The number of nitrogens with zero attached hydrogens (tertiary/aromatic N) is 1. The highest BCUT2D eigenvalue weighted by Crippen LogP contribution is 2.50. The maximum absolute atomic E-state index is 4.62. The van der Waals surface area contributed by atoms with Crippen molar-refractivity contribution in [1.82, 2.24) is 4.98 Å². The third-order valence-electron chi connectivity index (χ3n) is 5.79. The molecule has 2 nitrogen and oxygen atoms in total. The van der Waals surface area contributed by atoms with Gasteiger partial charge in [-0.15, -0.1) is 0 Å². The lowest BCUT2D eigenvalue weighted by molar-refractivity contribution is 0.194. The monoisotopic (exact) mass is 378 g/mol. The van der Waals surface area contributed by atoms with Crippen LogP contribution >= 0.6 is 15.9 Å². The van der Waals surface area contributed by atoms with E-state index in [1.165, 1.54) is 30.0 Å². The quantitative estimate of drug-likeness (QED) is 0.634. The first-order valence-corrected chi connectivity index (χ1v) is 9.47. The van der Waals surface area contributed by atoms with E-state index in [-0.39, 0.29) is 0 Å². The molecule has 5 rings (SSSR count). The van der Waals surface area contributed by atoms with Crippen molar-refractivity contribution >= 4 is 32.5 Å². The van der Waals surface area contributed by atoms with E-state index in [4.69, 9.17) is 0 Å². The third-order valence-corrected chi connectivity index (χ3v) is 6.29. The zero-order valence-electron chi connectivity index (χ0n) is 13.4. The highest BCUT2D eigenvalue weighted by molar-refractivity contribution is 9.10. The van der Waals surface area contributed by atoms with Crippen LogP contribution in [0.25, 0.3) is 10.8 Å². The molecular formula is C21H19BrN2. The molecule has 0 aliphatic heterocycles. The fourth-order valence-electron chi connectivity index (χ4n) is 4.51. The van der Waals surface area contributed by atoms with Gasteiger partial charge in [-0.1, -0.05) is 46.3 Å². The van der Waals surface area contributed by atoms with Crippen LogP contribution in [0.15, 0.2) is 59.2 Å².